The van der Waals surface area contributed by atoms with Gasteiger partial charge in [-0.3, -0.25) is 0 Å². The molecule has 1 atom stereocenters. The molecule has 0 fully saturated rings. The smallest absolute Gasteiger partial charge is 0.416 e. The van der Waals surface area contributed by atoms with Gasteiger partial charge < -0.3 is 17.0 Å². The van der Waals surface area contributed by atoms with E-state index in [0.717, 1.165) is 24.6 Å². The lowest BCUT2D eigenvalue weighted by atomic mass is 9.99. The van der Waals surface area contributed by atoms with Crippen LogP contribution in [0.4, 0.5) is 13.2 Å². The molecule has 0 saturated carbocycles. The van der Waals surface area contributed by atoms with Crippen molar-refractivity contribution in [2.45, 2.75) is 32.0 Å². The fourth-order valence-corrected chi connectivity index (χ4v) is 4.26. The van der Waals surface area contributed by atoms with Gasteiger partial charge in [-0.25, -0.2) is 4.58 Å². The van der Waals surface area contributed by atoms with Crippen LogP contribution in [0.2, 0.25) is 0 Å². The van der Waals surface area contributed by atoms with Crippen LogP contribution in [0.3, 0.4) is 0 Å². The van der Waals surface area contributed by atoms with E-state index in [4.69, 9.17) is 0 Å². The van der Waals surface area contributed by atoms with Crippen LogP contribution in [0.5, 0.6) is 0 Å². The summed E-state index contributed by atoms with van der Waals surface area (Å²) in [6.07, 6.45) is -0.824. The van der Waals surface area contributed by atoms with Gasteiger partial charge in [-0.05, 0) is 41.0 Å². The Morgan fingerprint density at radius 3 is 2.26 bits per heavy atom. The Balaban J connectivity index is 0.00000324. The molecule has 4 aromatic carbocycles. The molecule has 176 valence electrons. The van der Waals surface area contributed by atoms with Gasteiger partial charge in [0.05, 0.1) is 5.56 Å². The number of nitrogens with zero attached hydrogens (tertiary/aromatic N) is 1. The van der Waals surface area contributed by atoms with Crippen molar-refractivity contribution in [1.82, 2.24) is 0 Å². The van der Waals surface area contributed by atoms with E-state index in [2.05, 4.69) is 66.2 Å². The van der Waals surface area contributed by atoms with Crippen LogP contribution in [-0.4, -0.2) is 17.3 Å². The monoisotopic (exact) mass is 525 g/mol. The van der Waals surface area contributed by atoms with E-state index < -0.39 is 11.7 Å². The minimum absolute atomic E-state index is 0. The van der Waals surface area contributed by atoms with Gasteiger partial charge >= 0.3 is 6.18 Å². The molecule has 0 aliphatic carbocycles. The summed E-state index contributed by atoms with van der Waals surface area (Å²) in [4.78, 5) is 0. The van der Waals surface area contributed by atoms with Crippen molar-refractivity contribution >= 4 is 17.0 Å². The quantitative estimate of drug-likeness (QED) is 0.243. The lowest BCUT2D eigenvalue weighted by Crippen LogP contribution is -3.00. The molecule has 0 aliphatic rings. The van der Waals surface area contributed by atoms with Crippen molar-refractivity contribution in [2.75, 3.05) is 6.54 Å². The summed E-state index contributed by atoms with van der Waals surface area (Å²) in [5, 5.41) is 2.42. The van der Waals surface area contributed by atoms with E-state index in [9.17, 15) is 13.2 Å². The molecule has 4 aromatic rings. The summed E-state index contributed by atoms with van der Waals surface area (Å²) in [5.74, 6) is 0. The third kappa shape index (κ3) is 6.35. The number of aryl methyl sites for hydroxylation is 1. The Labute approximate surface area is 209 Å². The molecule has 5 heteroatoms. The molecule has 1 nitrogen and oxygen atoms in total. The van der Waals surface area contributed by atoms with E-state index >= 15 is 0 Å². The average molecular weight is 526 g/mol. The molecular formula is C29H27BrF3N. The van der Waals surface area contributed by atoms with Gasteiger partial charge in [-0.1, -0.05) is 78.9 Å². The molecule has 34 heavy (non-hydrogen) atoms. The van der Waals surface area contributed by atoms with E-state index in [1.807, 2.05) is 24.3 Å². The lowest BCUT2D eigenvalue weighted by molar-refractivity contribution is -0.564. The number of hydrogen-bond donors (Lipinski definition) is 0. The number of hydrogen-bond acceptors (Lipinski definition) is 0. The third-order valence-electron chi connectivity index (χ3n) is 6.02. The minimum Gasteiger partial charge on any atom is -1.00 e. The van der Waals surface area contributed by atoms with E-state index in [0.29, 0.717) is 12.0 Å². The summed E-state index contributed by atoms with van der Waals surface area (Å²) in [5.41, 5.74) is 2.46. The van der Waals surface area contributed by atoms with Crippen molar-refractivity contribution in [2.24, 2.45) is 0 Å². The molecule has 0 radical (unpaired) electrons. The maximum atomic E-state index is 13.1. The topological polar surface area (TPSA) is 3.01 Å². The molecule has 0 spiro atoms. The Hall–Kier alpha value is -2.92. The molecule has 0 N–H and O–H groups in total. The van der Waals surface area contributed by atoms with Gasteiger partial charge in [0.25, 0.3) is 0 Å². The second-order valence-electron chi connectivity index (χ2n) is 8.32. The van der Waals surface area contributed by atoms with Crippen LogP contribution < -0.4 is 17.0 Å². The predicted octanol–water partition coefficient (Wildman–Crippen LogP) is 4.69. The maximum absolute atomic E-state index is 13.1. The van der Waals surface area contributed by atoms with Crippen molar-refractivity contribution in [1.29, 1.82) is 0 Å². The predicted molar refractivity (Wildman–Crippen MR) is 129 cm³/mol. The zero-order valence-corrected chi connectivity index (χ0v) is 20.6. The van der Waals surface area contributed by atoms with Gasteiger partial charge in [0.2, 0.25) is 0 Å². The maximum Gasteiger partial charge on any atom is 0.416 e. The summed E-state index contributed by atoms with van der Waals surface area (Å²) in [6, 6.07) is 30.6. The Morgan fingerprint density at radius 1 is 0.824 bits per heavy atom. The molecule has 0 heterocycles. The van der Waals surface area contributed by atoms with Crippen LogP contribution in [-0.2, 0) is 12.6 Å². The largest absolute Gasteiger partial charge is 1.00 e. The molecule has 0 bridgehead atoms. The fraction of sp³-hybridized carbons (Fsp3) is 0.207. The molecule has 4 rings (SSSR count). The molecule has 0 aromatic heterocycles. The highest BCUT2D eigenvalue weighted by Gasteiger charge is 2.30. The van der Waals surface area contributed by atoms with Crippen LogP contribution >= 0.6 is 0 Å². The summed E-state index contributed by atoms with van der Waals surface area (Å²) >= 11 is 0. The zero-order chi connectivity index (χ0) is 23.3. The molecular weight excluding hydrogens is 499 g/mol. The number of halogens is 4. The van der Waals surface area contributed by atoms with E-state index in [-0.39, 0.29) is 23.0 Å². The summed E-state index contributed by atoms with van der Waals surface area (Å²) in [6.45, 7) is 2.92. The average Bonchev–Trinajstić information content (AvgIpc) is 2.83. The van der Waals surface area contributed by atoms with Gasteiger partial charge in [0.15, 0.2) is 12.3 Å². The third-order valence-corrected chi connectivity index (χ3v) is 6.02. The fourth-order valence-electron chi connectivity index (χ4n) is 4.26. The normalized spacial score (nSPS) is 12.9. The SMILES string of the molecule is C[C@H](c1cccc2ccccc12)[N+](=Cc1ccccc1)CCCc1cccc(C(F)(F)F)c1.[Br-]. The number of alkyl halides is 3. The number of fused-ring (bicyclic) bond motifs is 1. The van der Waals surface area contributed by atoms with Crippen molar-refractivity contribution in [3.05, 3.63) is 119 Å². The van der Waals surface area contributed by atoms with Crippen LogP contribution in [0, 0.1) is 0 Å². The minimum atomic E-state index is -4.31. The first kappa shape index (κ1) is 25.7. The Morgan fingerprint density at radius 2 is 1.50 bits per heavy atom. The Kier molecular flexibility index (Phi) is 8.67. The second kappa shape index (κ2) is 11.5. The van der Waals surface area contributed by atoms with Gasteiger partial charge in [-0.2, -0.15) is 13.2 Å². The molecule has 0 unspecified atom stereocenters. The highest BCUT2D eigenvalue weighted by molar-refractivity contribution is 5.86. The van der Waals surface area contributed by atoms with Crippen molar-refractivity contribution in [3.8, 4) is 0 Å². The van der Waals surface area contributed by atoms with Gasteiger partial charge in [-0.15, -0.1) is 0 Å². The Bertz CT molecular complexity index is 1240. The van der Waals surface area contributed by atoms with E-state index in [1.54, 1.807) is 6.07 Å². The highest BCUT2D eigenvalue weighted by atomic mass is 79.9. The summed E-state index contributed by atoms with van der Waals surface area (Å²) in [7, 11) is 0. The first-order valence-electron chi connectivity index (χ1n) is 11.2. The molecule has 0 amide bonds. The molecule has 0 aliphatic heterocycles. The zero-order valence-electron chi connectivity index (χ0n) is 19.0. The summed E-state index contributed by atoms with van der Waals surface area (Å²) < 4.78 is 41.5. The van der Waals surface area contributed by atoms with E-state index in [1.165, 1.54) is 28.5 Å². The van der Waals surface area contributed by atoms with Gasteiger partial charge in [0.1, 0.15) is 6.54 Å². The van der Waals surface area contributed by atoms with Crippen LogP contribution in [0.1, 0.15) is 41.6 Å². The van der Waals surface area contributed by atoms with Crippen LogP contribution in [0.25, 0.3) is 10.8 Å². The second-order valence-corrected chi connectivity index (χ2v) is 8.32. The molecule has 0 saturated heterocycles. The highest BCUT2D eigenvalue weighted by Crippen LogP contribution is 2.30. The van der Waals surface area contributed by atoms with Crippen molar-refractivity contribution in [3.63, 3.8) is 0 Å². The van der Waals surface area contributed by atoms with Crippen molar-refractivity contribution < 1.29 is 34.7 Å². The standard InChI is InChI=1S/C29H27F3N.BrH/c1-22(27-18-8-15-25-14-5-6-17-28(25)27)33(21-24-10-3-2-4-11-24)19-9-13-23-12-7-16-26(20-23)29(30,31)32;/h2-8,10-12,14-18,20-22H,9,13,19H2,1H3;1H/q+1;/p-1/t22-;/m1./s1. The lowest BCUT2D eigenvalue weighted by Gasteiger charge is -2.15. The van der Waals surface area contributed by atoms with Crippen LogP contribution in [0.15, 0.2) is 97.1 Å². The number of benzene rings is 4. The number of rotatable bonds is 7. The first-order chi connectivity index (χ1) is 15.9. The first-order valence-corrected chi connectivity index (χ1v) is 11.2. The van der Waals surface area contributed by atoms with Gasteiger partial charge in [0, 0.05) is 24.5 Å².